The van der Waals surface area contributed by atoms with Crippen molar-refractivity contribution in [2.24, 2.45) is 5.92 Å². The lowest BCUT2D eigenvalue weighted by atomic mass is 9.99. The predicted molar refractivity (Wildman–Crippen MR) is 183 cm³/mol. The minimum absolute atomic E-state index is 0.0861. The van der Waals surface area contributed by atoms with Gasteiger partial charge >= 0.3 is 11.8 Å². The average Bonchev–Trinajstić information content (AvgIpc) is 3.09. The zero-order valence-electron chi connectivity index (χ0n) is 27.1. The van der Waals surface area contributed by atoms with E-state index in [1.54, 1.807) is 36.5 Å². The molecule has 10 nitrogen and oxygen atoms in total. The molecule has 254 valence electrons. The van der Waals surface area contributed by atoms with E-state index in [4.69, 9.17) is 30.5 Å². The smallest absolute Gasteiger partial charge is 0.313 e. The molecule has 0 unspecified atom stereocenters. The molecule has 0 aliphatic carbocycles. The van der Waals surface area contributed by atoms with Gasteiger partial charge in [0.25, 0.3) is 0 Å². The Hall–Kier alpha value is -4.61. The third-order valence-corrected chi connectivity index (χ3v) is 8.27. The SMILES string of the molecule is CCCCOc1ccc(CCNC(=O)C(=O)Nc2ccc(Oc3c(OC)c(OCC4CCNCC4)cc4ncccc34)c(F)c2)cc1Cl. The summed E-state index contributed by atoms with van der Waals surface area (Å²) in [6.45, 7) is 5.26. The maximum Gasteiger partial charge on any atom is 0.313 e. The molecule has 3 N–H and O–H groups in total. The molecule has 1 aromatic heterocycles. The van der Waals surface area contributed by atoms with Crippen LogP contribution < -0.4 is 34.9 Å². The number of hydrogen-bond donors (Lipinski definition) is 3. The van der Waals surface area contributed by atoms with Crippen LogP contribution in [-0.2, 0) is 16.0 Å². The quantitative estimate of drug-likeness (QED) is 0.0998. The summed E-state index contributed by atoms with van der Waals surface area (Å²) >= 11 is 6.31. The number of pyridine rings is 1. The van der Waals surface area contributed by atoms with E-state index in [1.807, 2.05) is 6.07 Å². The second kappa shape index (κ2) is 17.0. The van der Waals surface area contributed by atoms with Gasteiger partial charge in [0.15, 0.2) is 23.1 Å². The zero-order valence-corrected chi connectivity index (χ0v) is 27.8. The number of hydrogen-bond acceptors (Lipinski definition) is 8. The number of amides is 2. The first-order valence-electron chi connectivity index (χ1n) is 16.1. The monoisotopic (exact) mass is 678 g/mol. The van der Waals surface area contributed by atoms with Crippen LogP contribution in [0.25, 0.3) is 10.9 Å². The maximum absolute atomic E-state index is 15.4. The fourth-order valence-electron chi connectivity index (χ4n) is 5.31. The second-order valence-corrected chi connectivity index (χ2v) is 11.9. The van der Waals surface area contributed by atoms with Gasteiger partial charge < -0.3 is 34.9 Å². The first-order valence-corrected chi connectivity index (χ1v) is 16.5. The van der Waals surface area contributed by atoms with E-state index in [0.717, 1.165) is 50.4 Å². The first kappa shape index (κ1) is 34.7. The summed E-state index contributed by atoms with van der Waals surface area (Å²) in [5.74, 6) is -0.641. The number of carbonyl (C=O) groups excluding carboxylic acids is 2. The van der Waals surface area contributed by atoms with Crippen molar-refractivity contribution < 1.29 is 32.9 Å². The lowest BCUT2D eigenvalue weighted by molar-refractivity contribution is -0.136. The van der Waals surface area contributed by atoms with Crippen molar-refractivity contribution in [1.29, 1.82) is 0 Å². The van der Waals surface area contributed by atoms with Crippen LogP contribution >= 0.6 is 11.6 Å². The highest BCUT2D eigenvalue weighted by Gasteiger charge is 2.22. The van der Waals surface area contributed by atoms with Gasteiger partial charge in [-0.25, -0.2) is 4.39 Å². The van der Waals surface area contributed by atoms with Crippen LogP contribution in [-0.4, -0.2) is 56.8 Å². The third kappa shape index (κ3) is 9.05. The Morgan fingerprint density at radius 3 is 2.56 bits per heavy atom. The summed E-state index contributed by atoms with van der Waals surface area (Å²) in [5, 5.41) is 9.44. The van der Waals surface area contributed by atoms with Crippen molar-refractivity contribution >= 4 is 40.0 Å². The Labute approximate surface area is 284 Å². The second-order valence-electron chi connectivity index (χ2n) is 11.5. The highest BCUT2D eigenvalue weighted by Crippen LogP contribution is 2.45. The van der Waals surface area contributed by atoms with Crippen molar-refractivity contribution in [2.45, 2.75) is 39.0 Å². The molecule has 0 atom stereocenters. The topological polar surface area (TPSA) is 120 Å². The van der Waals surface area contributed by atoms with Gasteiger partial charge in [0.05, 0.1) is 30.9 Å². The molecule has 0 bridgehead atoms. The molecular formula is C36H40ClFN4O6. The molecule has 5 rings (SSSR count). The van der Waals surface area contributed by atoms with Crippen LogP contribution in [0.4, 0.5) is 10.1 Å². The fourth-order valence-corrected chi connectivity index (χ4v) is 5.57. The molecular weight excluding hydrogens is 639 g/mol. The minimum Gasteiger partial charge on any atom is -0.492 e. The summed E-state index contributed by atoms with van der Waals surface area (Å²) < 4.78 is 39.0. The summed E-state index contributed by atoms with van der Waals surface area (Å²) in [7, 11) is 1.50. The van der Waals surface area contributed by atoms with Gasteiger partial charge in [-0.3, -0.25) is 14.6 Å². The highest BCUT2D eigenvalue weighted by atomic mass is 35.5. The van der Waals surface area contributed by atoms with E-state index < -0.39 is 17.6 Å². The first-order chi connectivity index (χ1) is 23.4. The third-order valence-electron chi connectivity index (χ3n) is 7.98. The number of benzene rings is 3. The number of aromatic nitrogens is 1. The number of anilines is 1. The van der Waals surface area contributed by atoms with Crippen LogP contribution in [0.1, 0.15) is 38.2 Å². The van der Waals surface area contributed by atoms with Crippen LogP contribution in [0.2, 0.25) is 5.02 Å². The van der Waals surface area contributed by atoms with Crippen LogP contribution in [0.5, 0.6) is 28.7 Å². The Morgan fingerprint density at radius 1 is 1.00 bits per heavy atom. The Morgan fingerprint density at radius 2 is 1.81 bits per heavy atom. The number of nitrogens with one attached hydrogen (secondary N) is 3. The summed E-state index contributed by atoms with van der Waals surface area (Å²) in [6.07, 6.45) is 6.07. The van der Waals surface area contributed by atoms with Crippen molar-refractivity contribution in [3.05, 3.63) is 77.2 Å². The number of carbonyl (C=O) groups is 2. The van der Waals surface area contributed by atoms with Gasteiger partial charge in [0.2, 0.25) is 5.75 Å². The van der Waals surface area contributed by atoms with Crippen molar-refractivity contribution in [2.75, 3.05) is 45.3 Å². The Kier molecular flexibility index (Phi) is 12.3. The number of fused-ring (bicyclic) bond motifs is 1. The minimum atomic E-state index is -0.932. The van der Waals surface area contributed by atoms with E-state index in [9.17, 15) is 9.59 Å². The van der Waals surface area contributed by atoms with Crippen molar-refractivity contribution in [3.63, 3.8) is 0 Å². The van der Waals surface area contributed by atoms with Crippen LogP contribution in [0.15, 0.2) is 60.8 Å². The standard InChI is InChI=1S/C36H40ClFN4O6/c1-3-4-18-46-30-9-7-23(19-27(30)37)13-17-41-35(43)36(44)42-25-8-10-31(28(38)20-25)48-33-26-6-5-14-40-29(26)21-32(34(33)45-2)47-22-24-11-15-39-16-12-24/h5-10,14,19-21,24,39H,3-4,11-13,15-18,22H2,1-2H3,(H,41,43)(H,42,44). The lowest BCUT2D eigenvalue weighted by Gasteiger charge is -2.24. The largest absolute Gasteiger partial charge is 0.492 e. The molecule has 2 amide bonds. The molecule has 1 saturated heterocycles. The van der Waals surface area contributed by atoms with Crippen LogP contribution in [0.3, 0.4) is 0 Å². The van der Waals surface area contributed by atoms with Gasteiger partial charge in [-0.15, -0.1) is 0 Å². The van der Waals surface area contributed by atoms with E-state index in [0.29, 0.717) is 58.7 Å². The Bertz CT molecular complexity index is 1730. The van der Waals surface area contributed by atoms with Crippen LogP contribution in [0, 0.1) is 11.7 Å². The highest BCUT2D eigenvalue weighted by molar-refractivity contribution is 6.39. The molecule has 12 heteroatoms. The summed E-state index contributed by atoms with van der Waals surface area (Å²) in [6, 6.07) is 14.7. The number of halogens is 2. The van der Waals surface area contributed by atoms with Gasteiger partial charge in [0.1, 0.15) is 5.75 Å². The molecule has 0 saturated carbocycles. The van der Waals surface area contributed by atoms with E-state index in [-0.39, 0.29) is 23.7 Å². The molecule has 1 aliphatic rings. The number of ether oxygens (including phenoxy) is 4. The van der Waals surface area contributed by atoms with Gasteiger partial charge in [-0.05, 0) is 86.7 Å². The summed E-state index contributed by atoms with van der Waals surface area (Å²) in [4.78, 5) is 29.5. The molecule has 48 heavy (non-hydrogen) atoms. The molecule has 2 heterocycles. The molecule has 0 radical (unpaired) electrons. The molecule has 1 aliphatic heterocycles. The lowest BCUT2D eigenvalue weighted by Crippen LogP contribution is -2.36. The molecule has 4 aromatic rings. The molecule has 1 fully saturated rings. The van der Waals surface area contributed by atoms with Gasteiger partial charge in [-0.1, -0.05) is 31.0 Å². The normalized spacial score (nSPS) is 13.2. The average molecular weight is 679 g/mol. The predicted octanol–water partition coefficient (Wildman–Crippen LogP) is 6.68. The number of nitrogens with zero attached hydrogens (tertiary/aromatic N) is 1. The van der Waals surface area contributed by atoms with Crippen molar-refractivity contribution in [1.82, 2.24) is 15.6 Å². The maximum atomic E-state index is 15.4. The van der Waals surface area contributed by atoms with Gasteiger partial charge in [-0.2, -0.15) is 0 Å². The Balaban J connectivity index is 1.20. The van der Waals surface area contributed by atoms with E-state index in [1.165, 1.54) is 19.2 Å². The number of piperidine rings is 1. The van der Waals surface area contributed by atoms with E-state index >= 15 is 4.39 Å². The van der Waals surface area contributed by atoms with Crippen molar-refractivity contribution in [3.8, 4) is 28.7 Å². The number of methoxy groups -OCH3 is 1. The number of unbranched alkanes of at least 4 members (excludes halogenated alkanes) is 1. The summed E-state index contributed by atoms with van der Waals surface area (Å²) in [5.41, 5.74) is 1.56. The zero-order chi connectivity index (χ0) is 33.9. The van der Waals surface area contributed by atoms with E-state index in [2.05, 4.69) is 27.9 Å². The fraction of sp³-hybridized carbons (Fsp3) is 0.361. The number of rotatable bonds is 14. The van der Waals surface area contributed by atoms with Gasteiger partial charge in [0, 0.05) is 35.9 Å². The molecule has 0 spiro atoms. The molecule has 3 aromatic carbocycles.